The quantitative estimate of drug-likeness (QED) is 0.511. The molecule has 3 aromatic rings. The monoisotopic (exact) mass is 426 g/mol. The number of nitrogens with zero attached hydrogens (tertiary/aromatic N) is 1. The van der Waals surface area contributed by atoms with E-state index in [9.17, 15) is 4.79 Å². The third kappa shape index (κ3) is 6.53. The number of amides is 1. The molecular weight excluding hydrogens is 404 g/mol. The molecule has 0 fully saturated rings. The van der Waals surface area contributed by atoms with Crippen LogP contribution in [0.15, 0.2) is 82.6 Å². The second kappa shape index (κ2) is 10.3. The van der Waals surface area contributed by atoms with Gasteiger partial charge in [0.15, 0.2) is 0 Å². The smallest absolute Gasteiger partial charge is 0.238 e. The average Bonchev–Trinajstić information content (AvgIpc) is 2.71. The lowest BCUT2D eigenvalue weighted by atomic mass is 10.2. The number of benzene rings is 3. The maximum Gasteiger partial charge on any atom is 0.238 e. The van der Waals surface area contributed by atoms with E-state index in [2.05, 4.69) is 5.32 Å². The zero-order valence-corrected chi connectivity index (χ0v) is 18.0. The highest BCUT2D eigenvalue weighted by Gasteiger charge is 2.11. The molecule has 0 radical (unpaired) electrons. The molecule has 6 heteroatoms. The van der Waals surface area contributed by atoms with Crippen LogP contribution < -0.4 is 10.1 Å². The van der Waals surface area contributed by atoms with Crippen molar-refractivity contribution in [3.8, 4) is 5.75 Å². The van der Waals surface area contributed by atoms with Crippen LogP contribution in [0, 0.1) is 0 Å². The van der Waals surface area contributed by atoms with Gasteiger partial charge >= 0.3 is 0 Å². The predicted molar refractivity (Wildman–Crippen MR) is 120 cm³/mol. The van der Waals surface area contributed by atoms with Crippen LogP contribution in [0.3, 0.4) is 0 Å². The van der Waals surface area contributed by atoms with Crippen LogP contribution in [-0.4, -0.2) is 31.5 Å². The van der Waals surface area contributed by atoms with E-state index in [4.69, 9.17) is 16.3 Å². The standard InChI is InChI=1S/C23H23ClN2O2S/c1-26(15-17-7-11-19(28-2)12-8-17)16-23(27)25-21-5-3-4-6-22(21)29-20-13-9-18(24)10-14-20/h3-14H,15-16H2,1-2H3,(H,25,27). The Hall–Kier alpha value is -2.47. The summed E-state index contributed by atoms with van der Waals surface area (Å²) in [5, 5.41) is 3.73. The fourth-order valence-corrected chi connectivity index (χ4v) is 3.85. The van der Waals surface area contributed by atoms with E-state index < -0.39 is 0 Å². The van der Waals surface area contributed by atoms with Gasteiger partial charge in [-0.05, 0) is 61.1 Å². The van der Waals surface area contributed by atoms with Gasteiger partial charge in [-0.25, -0.2) is 0 Å². The molecule has 0 unspecified atom stereocenters. The molecule has 3 rings (SSSR count). The number of hydrogen-bond acceptors (Lipinski definition) is 4. The number of rotatable bonds is 8. The Kier molecular flexibility index (Phi) is 7.58. The minimum absolute atomic E-state index is 0.0508. The van der Waals surface area contributed by atoms with E-state index in [1.165, 1.54) is 0 Å². The van der Waals surface area contributed by atoms with E-state index in [1.54, 1.807) is 18.9 Å². The highest BCUT2D eigenvalue weighted by atomic mass is 35.5. The Morgan fingerprint density at radius 3 is 2.41 bits per heavy atom. The zero-order chi connectivity index (χ0) is 20.6. The van der Waals surface area contributed by atoms with Crippen molar-refractivity contribution in [2.75, 3.05) is 26.0 Å². The molecule has 0 aliphatic heterocycles. The predicted octanol–water partition coefficient (Wildman–Crippen LogP) is 5.57. The maximum atomic E-state index is 12.6. The molecule has 4 nitrogen and oxygen atoms in total. The largest absolute Gasteiger partial charge is 0.497 e. The summed E-state index contributed by atoms with van der Waals surface area (Å²) in [6, 6.07) is 23.3. The van der Waals surface area contributed by atoms with Gasteiger partial charge in [-0.2, -0.15) is 0 Å². The van der Waals surface area contributed by atoms with Crippen LogP contribution in [-0.2, 0) is 11.3 Å². The van der Waals surface area contributed by atoms with Crippen molar-refractivity contribution in [2.24, 2.45) is 0 Å². The van der Waals surface area contributed by atoms with Crippen molar-refractivity contribution in [2.45, 2.75) is 16.3 Å². The summed E-state index contributed by atoms with van der Waals surface area (Å²) in [5.74, 6) is 0.772. The second-order valence-electron chi connectivity index (χ2n) is 6.62. The number of anilines is 1. The summed E-state index contributed by atoms with van der Waals surface area (Å²) in [4.78, 5) is 16.6. The molecular formula is C23H23ClN2O2S. The average molecular weight is 427 g/mol. The van der Waals surface area contributed by atoms with Gasteiger partial charge in [0.1, 0.15) is 5.75 Å². The van der Waals surface area contributed by atoms with Crippen molar-refractivity contribution in [3.05, 3.63) is 83.4 Å². The normalized spacial score (nSPS) is 10.8. The number of nitrogens with one attached hydrogen (secondary N) is 1. The first-order valence-corrected chi connectivity index (χ1v) is 10.4. The van der Waals surface area contributed by atoms with Gasteiger partial charge in [0, 0.05) is 21.4 Å². The van der Waals surface area contributed by atoms with Gasteiger partial charge in [0.25, 0.3) is 0 Å². The van der Waals surface area contributed by atoms with Crippen LogP contribution in [0.1, 0.15) is 5.56 Å². The first-order chi connectivity index (χ1) is 14.0. The molecule has 3 aromatic carbocycles. The molecule has 0 heterocycles. The van der Waals surface area contributed by atoms with Crippen LogP contribution in [0.25, 0.3) is 0 Å². The second-order valence-corrected chi connectivity index (χ2v) is 8.17. The van der Waals surface area contributed by atoms with Crippen LogP contribution in [0.4, 0.5) is 5.69 Å². The van der Waals surface area contributed by atoms with E-state index in [1.807, 2.05) is 84.7 Å². The van der Waals surface area contributed by atoms with Gasteiger partial charge in [-0.3, -0.25) is 9.69 Å². The van der Waals surface area contributed by atoms with Gasteiger partial charge in [0.05, 0.1) is 19.3 Å². The van der Waals surface area contributed by atoms with E-state index in [0.29, 0.717) is 18.1 Å². The van der Waals surface area contributed by atoms with Crippen LogP contribution in [0.5, 0.6) is 5.75 Å². The Morgan fingerprint density at radius 1 is 1.03 bits per heavy atom. The van der Waals surface area contributed by atoms with E-state index in [0.717, 1.165) is 26.8 Å². The van der Waals surface area contributed by atoms with Gasteiger partial charge in [0.2, 0.25) is 5.91 Å². The molecule has 0 bridgehead atoms. The molecule has 1 N–H and O–H groups in total. The van der Waals surface area contributed by atoms with Gasteiger partial charge < -0.3 is 10.1 Å². The number of ether oxygens (including phenoxy) is 1. The number of halogens is 1. The van der Waals surface area contributed by atoms with Crippen molar-refractivity contribution in [1.29, 1.82) is 0 Å². The third-order valence-electron chi connectivity index (χ3n) is 4.23. The molecule has 0 saturated carbocycles. The highest BCUT2D eigenvalue weighted by molar-refractivity contribution is 7.99. The molecule has 29 heavy (non-hydrogen) atoms. The SMILES string of the molecule is COc1ccc(CN(C)CC(=O)Nc2ccccc2Sc2ccc(Cl)cc2)cc1. The summed E-state index contributed by atoms with van der Waals surface area (Å²) >= 11 is 7.55. The number of methoxy groups -OCH3 is 1. The summed E-state index contributed by atoms with van der Waals surface area (Å²) in [5.41, 5.74) is 1.93. The number of hydrogen-bond donors (Lipinski definition) is 1. The molecule has 150 valence electrons. The minimum Gasteiger partial charge on any atom is -0.497 e. The molecule has 0 aromatic heterocycles. The van der Waals surface area contributed by atoms with Crippen molar-refractivity contribution in [1.82, 2.24) is 4.90 Å². The molecule has 0 aliphatic carbocycles. The molecule has 0 aliphatic rings. The molecule has 0 atom stereocenters. The van der Waals surface area contributed by atoms with E-state index in [-0.39, 0.29) is 5.91 Å². The first-order valence-electron chi connectivity index (χ1n) is 9.17. The van der Waals surface area contributed by atoms with E-state index >= 15 is 0 Å². The number of para-hydroxylation sites is 1. The van der Waals surface area contributed by atoms with Crippen molar-refractivity contribution < 1.29 is 9.53 Å². The minimum atomic E-state index is -0.0508. The van der Waals surface area contributed by atoms with Crippen LogP contribution in [0.2, 0.25) is 5.02 Å². The van der Waals surface area contributed by atoms with Gasteiger partial charge in [-0.15, -0.1) is 0 Å². The third-order valence-corrected chi connectivity index (χ3v) is 5.56. The summed E-state index contributed by atoms with van der Waals surface area (Å²) in [6.07, 6.45) is 0. The fourth-order valence-electron chi connectivity index (χ4n) is 2.82. The molecule has 0 spiro atoms. The number of likely N-dealkylation sites (N-methyl/N-ethyl adjacent to an activating group) is 1. The van der Waals surface area contributed by atoms with Crippen molar-refractivity contribution in [3.63, 3.8) is 0 Å². The Balaban J connectivity index is 1.59. The lowest BCUT2D eigenvalue weighted by molar-refractivity contribution is -0.117. The van der Waals surface area contributed by atoms with Gasteiger partial charge in [-0.1, -0.05) is 47.6 Å². The lowest BCUT2D eigenvalue weighted by Crippen LogP contribution is -2.29. The maximum absolute atomic E-state index is 12.6. The number of carbonyl (C=O) groups is 1. The topological polar surface area (TPSA) is 41.6 Å². The summed E-state index contributed by atoms with van der Waals surface area (Å²) in [7, 11) is 3.58. The lowest BCUT2D eigenvalue weighted by Gasteiger charge is -2.17. The Morgan fingerprint density at radius 2 is 1.72 bits per heavy atom. The number of carbonyl (C=O) groups excluding carboxylic acids is 1. The summed E-state index contributed by atoms with van der Waals surface area (Å²) in [6.45, 7) is 0.977. The molecule has 1 amide bonds. The first kappa shape index (κ1) is 21.2. The molecule has 0 saturated heterocycles. The summed E-state index contributed by atoms with van der Waals surface area (Å²) < 4.78 is 5.18. The Bertz CT molecular complexity index is 946. The zero-order valence-electron chi connectivity index (χ0n) is 16.4. The fraction of sp³-hybridized carbons (Fsp3) is 0.174. The van der Waals surface area contributed by atoms with Crippen LogP contribution >= 0.6 is 23.4 Å². The highest BCUT2D eigenvalue weighted by Crippen LogP contribution is 2.33. The van der Waals surface area contributed by atoms with Crippen molar-refractivity contribution >= 4 is 35.0 Å². The Labute approximate surface area is 180 Å².